The van der Waals surface area contributed by atoms with Gasteiger partial charge in [-0.25, -0.2) is 0 Å². The lowest BCUT2D eigenvalue weighted by molar-refractivity contribution is -0.146. The van der Waals surface area contributed by atoms with Crippen LogP contribution in [0.2, 0.25) is 0 Å². The normalized spacial score (nSPS) is 19.7. The fraction of sp³-hybridized carbons (Fsp3) is 0.625. The molecule has 24 heavy (non-hydrogen) atoms. The molecule has 2 saturated heterocycles. The average molecular weight is 333 g/mol. The lowest BCUT2D eigenvalue weighted by Gasteiger charge is -2.40. The van der Waals surface area contributed by atoms with E-state index in [-0.39, 0.29) is 17.7 Å². The number of hydrogen-bond acceptors (Lipinski definition) is 6. The highest BCUT2D eigenvalue weighted by Crippen LogP contribution is 2.19. The number of carbonyl (C=O) groups is 2. The maximum atomic E-state index is 12.6. The van der Waals surface area contributed by atoms with Crippen molar-refractivity contribution in [2.45, 2.75) is 19.9 Å². The Balaban J connectivity index is 1.48. The lowest BCUT2D eigenvalue weighted by atomic mass is 9.98. The van der Waals surface area contributed by atoms with E-state index >= 15 is 0 Å². The third-order valence-corrected chi connectivity index (χ3v) is 4.55. The van der Waals surface area contributed by atoms with Crippen LogP contribution in [0.3, 0.4) is 0 Å². The van der Waals surface area contributed by atoms with Crippen molar-refractivity contribution in [2.24, 2.45) is 5.92 Å². The van der Waals surface area contributed by atoms with Gasteiger partial charge in [0, 0.05) is 46.2 Å². The van der Waals surface area contributed by atoms with Crippen LogP contribution < -0.4 is 0 Å². The highest BCUT2D eigenvalue weighted by Gasteiger charge is 2.37. The molecule has 8 heteroatoms. The van der Waals surface area contributed by atoms with Crippen LogP contribution >= 0.6 is 0 Å². The molecule has 0 aromatic carbocycles. The van der Waals surface area contributed by atoms with Crippen molar-refractivity contribution in [3.05, 3.63) is 24.4 Å². The van der Waals surface area contributed by atoms with Crippen LogP contribution in [0.4, 0.5) is 0 Å². The molecule has 3 heterocycles. The Morgan fingerprint density at radius 3 is 2.71 bits per heavy atom. The molecule has 2 amide bonds. The van der Waals surface area contributed by atoms with Gasteiger partial charge in [-0.15, -0.1) is 0 Å². The van der Waals surface area contributed by atoms with Crippen molar-refractivity contribution >= 4 is 11.8 Å². The highest BCUT2D eigenvalue weighted by molar-refractivity contribution is 5.90. The molecule has 0 N–H and O–H groups in total. The number of carbonyl (C=O) groups excluding carboxylic acids is 2. The smallest absolute Gasteiger partial charge is 0.246 e. The van der Waals surface area contributed by atoms with Gasteiger partial charge < -0.3 is 14.3 Å². The van der Waals surface area contributed by atoms with Crippen molar-refractivity contribution in [2.75, 3.05) is 39.3 Å². The summed E-state index contributed by atoms with van der Waals surface area (Å²) in [4.78, 5) is 34.1. The maximum Gasteiger partial charge on any atom is 0.246 e. The Morgan fingerprint density at radius 1 is 1.25 bits per heavy atom. The van der Waals surface area contributed by atoms with Crippen LogP contribution in [0, 0.1) is 12.8 Å². The molecule has 0 unspecified atom stereocenters. The van der Waals surface area contributed by atoms with Crippen molar-refractivity contribution < 1.29 is 14.1 Å². The largest absolute Gasteiger partial charge is 0.341 e. The van der Waals surface area contributed by atoms with Crippen LogP contribution in [-0.2, 0) is 16.1 Å². The first kappa shape index (κ1) is 16.6. The third-order valence-electron chi connectivity index (χ3n) is 4.55. The quantitative estimate of drug-likeness (QED) is 0.725. The standard InChI is InChI=1S/C16H23N5O3/c1-3-15(22)21-9-13(10-21)16(23)20-6-4-5-19(7-8-20)11-14-17-12(2)24-18-14/h3,13H,1,4-11H2,2H3. The van der Waals surface area contributed by atoms with Crippen molar-refractivity contribution in [3.8, 4) is 0 Å². The van der Waals surface area contributed by atoms with E-state index in [0.29, 0.717) is 37.9 Å². The monoisotopic (exact) mass is 333 g/mol. The van der Waals surface area contributed by atoms with Gasteiger partial charge in [0.2, 0.25) is 17.7 Å². The van der Waals surface area contributed by atoms with Crippen molar-refractivity contribution in [3.63, 3.8) is 0 Å². The molecule has 0 radical (unpaired) electrons. The minimum atomic E-state index is -0.100. The Hall–Kier alpha value is -2.22. The Labute approximate surface area is 141 Å². The summed E-state index contributed by atoms with van der Waals surface area (Å²) in [6, 6.07) is 0. The average Bonchev–Trinajstić information content (AvgIpc) is 2.79. The van der Waals surface area contributed by atoms with Gasteiger partial charge in [-0.3, -0.25) is 14.5 Å². The number of nitrogens with zero attached hydrogens (tertiary/aromatic N) is 5. The molecule has 8 nitrogen and oxygen atoms in total. The number of hydrogen-bond donors (Lipinski definition) is 0. The Morgan fingerprint density at radius 2 is 2.04 bits per heavy atom. The van der Waals surface area contributed by atoms with E-state index in [1.165, 1.54) is 6.08 Å². The SMILES string of the molecule is C=CC(=O)N1CC(C(=O)N2CCCN(Cc3noc(C)n3)CC2)C1. The topological polar surface area (TPSA) is 82.8 Å². The summed E-state index contributed by atoms with van der Waals surface area (Å²) in [5, 5.41) is 3.92. The Bertz CT molecular complexity index is 623. The minimum Gasteiger partial charge on any atom is -0.341 e. The summed E-state index contributed by atoms with van der Waals surface area (Å²) >= 11 is 0. The summed E-state index contributed by atoms with van der Waals surface area (Å²) in [7, 11) is 0. The molecular formula is C16H23N5O3. The van der Waals surface area contributed by atoms with E-state index < -0.39 is 0 Å². The second-order valence-corrected chi connectivity index (χ2v) is 6.33. The third kappa shape index (κ3) is 3.64. The molecule has 130 valence electrons. The Kier molecular flexibility index (Phi) is 4.94. The number of aryl methyl sites for hydroxylation is 1. The van der Waals surface area contributed by atoms with Gasteiger partial charge >= 0.3 is 0 Å². The molecule has 3 rings (SSSR count). The number of rotatable bonds is 4. The number of likely N-dealkylation sites (tertiary alicyclic amines) is 1. The van der Waals surface area contributed by atoms with Crippen LogP contribution in [0.15, 0.2) is 17.2 Å². The fourth-order valence-electron chi connectivity index (χ4n) is 3.16. The summed E-state index contributed by atoms with van der Waals surface area (Å²) in [5.74, 6) is 1.24. The van der Waals surface area contributed by atoms with Gasteiger partial charge in [0.25, 0.3) is 0 Å². The molecule has 0 atom stereocenters. The van der Waals surface area contributed by atoms with Gasteiger partial charge in [-0.1, -0.05) is 11.7 Å². The molecule has 2 aliphatic rings. The van der Waals surface area contributed by atoms with Gasteiger partial charge in [-0.05, 0) is 12.5 Å². The van der Waals surface area contributed by atoms with E-state index in [4.69, 9.17) is 4.52 Å². The van der Waals surface area contributed by atoms with Crippen LogP contribution in [0.1, 0.15) is 18.1 Å². The van der Waals surface area contributed by atoms with E-state index in [1.807, 2.05) is 4.90 Å². The second kappa shape index (κ2) is 7.12. The van der Waals surface area contributed by atoms with E-state index in [0.717, 1.165) is 26.1 Å². The summed E-state index contributed by atoms with van der Waals surface area (Å²) < 4.78 is 5.00. The molecule has 0 bridgehead atoms. The molecule has 1 aromatic rings. The molecule has 2 fully saturated rings. The minimum absolute atomic E-state index is 0.0692. The summed E-state index contributed by atoms with van der Waals surface area (Å²) in [6.07, 6.45) is 2.22. The lowest BCUT2D eigenvalue weighted by Crippen LogP contribution is -2.56. The van der Waals surface area contributed by atoms with Gasteiger partial charge in [0.05, 0.1) is 12.5 Å². The molecular weight excluding hydrogens is 310 g/mol. The van der Waals surface area contributed by atoms with Crippen LogP contribution in [-0.4, -0.2) is 75.9 Å². The van der Waals surface area contributed by atoms with Crippen LogP contribution in [0.25, 0.3) is 0 Å². The molecule has 2 aliphatic heterocycles. The second-order valence-electron chi connectivity index (χ2n) is 6.33. The van der Waals surface area contributed by atoms with Gasteiger partial charge in [-0.2, -0.15) is 4.98 Å². The van der Waals surface area contributed by atoms with Crippen LogP contribution in [0.5, 0.6) is 0 Å². The summed E-state index contributed by atoms with van der Waals surface area (Å²) in [5.41, 5.74) is 0. The molecule has 0 saturated carbocycles. The molecule has 1 aromatic heterocycles. The van der Waals surface area contributed by atoms with E-state index in [2.05, 4.69) is 21.6 Å². The van der Waals surface area contributed by atoms with Gasteiger partial charge in [0.15, 0.2) is 5.82 Å². The first-order chi connectivity index (χ1) is 11.6. The van der Waals surface area contributed by atoms with Gasteiger partial charge in [0.1, 0.15) is 0 Å². The summed E-state index contributed by atoms with van der Waals surface area (Å²) in [6.45, 7) is 10.1. The zero-order valence-electron chi connectivity index (χ0n) is 14.0. The zero-order chi connectivity index (χ0) is 17.1. The zero-order valence-corrected chi connectivity index (χ0v) is 14.0. The fourth-order valence-corrected chi connectivity index (χ4v) is 3.16. The predicted molar refractivity (Wildman–Crippen MR) is 85.8 cm³/mol. The first-order valence-electron chi connectivity index (χ1n) is 8.28. The first-order valence-corrected chi connectivity index (χ1v) is 8.28. The number of aromatic nitrogens is 2. The highest BCUT2D eigenvalue weighted by atomic mass is 16.5. The van der Waals surface area contributed by atoms with Crippen molar-refractivity contribution in [1.29, 1.82) is 0 Å². The predicted octanol–water partition coefficient (Wildman–Crippen LogP) is 0.0567. The molecule has 0 spiro atoms. The van der Waals surface area contributed by atoms with Crippen molar-refractivity contribution in [1.82, 2.24) is 24.8 Å². The number of amides is 2. The van der Waals surface area contributed by atoms with E-state index in [9.17, 15) is 9.59 Å². The van der Waals surface area contributed by atoms with E-state index in [1.54, 1.807) is 11.8 Å². The molecule has 0 aliphatic carbocycles. The maximum absolute atomic E-state index is 12.6.